The summed E-state index contributed by atoms with van der Waals surface area (Å²) in [6.07, 6.45) is 1.76. The van der Waals surface area contributed by atoms with E-state index in [-0.39, 0.29) is 18.4 Å². The number of aliphatic hydroxyl groups excluding tert-OH is 1. The highest BCUT2D eigenvalue weighted by atomic mass is 32.1. The molecule has 4 nitrogen and oxygen atoms in total. The Morgan fingerprint density at radius 3 is 3.00 bits per heavy atom. The van der Waals surface area contributed by atoms with Gasteiger partial charge in [-0.05, 0) is 12.1 Å². The Bertz CT molecular complexity index is 656. The Morgan fingerprint density at radius 1 is 1.48 bits per heavy atom. The number of hydrogen-bond acceptors (Lipinski definition) is 4. The molecule has 0 saturated heterocycles. The summed E-state index contributed by atoms with van der Waals surface area (Å²) in [5.41, 5.74) is 1.13. The minimum Gasteiger partial charge on any atom is -0.384 e. The summed E-state index contributed by atoms with van der Waals surface area (Å²) < 4.78 is 0. The molecule has 1 heterocycles. The van der Waals surface area contributed by atoms with Crippen LogP contribution in [0.15, 0.2) is 35.8 Å². The molecule has 0 spiro atoms. The van der Waals surface area contributed by atoms with Crippen molar-refractivity contribution >= 4 is 17.2 Å². The molecule has 21 heavy (non-hydrogen) atoms. The first-order valence-corrected chi connectivity index (χ1v) is 7.46. The molecule has 2 N–H and O–H groups in total. The zero-order chi connectivity index (χ0) is 15.1. The molecule has 0 aliphatic heterocycles. The van der Waals surface area contributed by atoms with Crippen LogP contribution in [0.25, 0.3) is 0 Å². The maximum Gasteiger partial charge on any atom is 0.252 e. The van der Waals surface area contributed by atoms with Gasteiger partial charge in [-0.3, -0.25) is 4.79 Å². The van der Waals surface area contributed by atoms with Gasteiger partial charge in [0.2, 0.25) is 0 Å². The van der Waals surface area contributed by atoms with Crippen LogP contribution >= 0.6 is 11.3 Å². The average Bonchev–Trinajstić information content (AvgIpc) is 3.05. The maximum absolute atomic E-state index is 12.2. The normalized spacial score (nSPS) is 11.3. The van der Waals surface area contributed by atoms with E-state index in [0.717, 1.165) is 5.01 Å². The largest absolute Gasteiger partial charge is 0.384 e. The van der Waals surface area contributed by atoms with Crippen LogP contribution in [0, 0.1) is 11.8 Å². The van der Waals surface area contributed by atoms with E-state index >= 15 is 0 Å². The second-order valence-electron chi connectivity index (χ2n) is 4.49. The minimum absolute atomic E-state index is 0.166. The third-order valence-corrected chi connectivity index (χ3v) is 3.92. The number of thiazole rings is 1. The molecule has 1 aromatic carbocycles. The molecule has 0 aliphatic carbocycles. The van der Waals surface area contributed by atoms with Gasteiger partial charge in [0, 0.05) is 29.6 Å². The molecule has 0 radical (unpaired) electrons. The fraction of sp³-hybridized carbons (Fsp3) is 0.250. The molecular weight excluding hydrogens is 284 g/mol. The number of rotatable bonds is 4. The summed E-state index contributed by atoms with van der Waals surface area (Å²) in [7, 11) is 0. The maximum atomic E-state index is 12.2. The standard InChI is InChI=1S/C16H16N2O2S/c1-12(16-17-8-10-21-16)11-18-15(20)14-7-3-2-5-13(14)6-4-9-19/h2-3,5,7-8,10,12,19H,9,11H2,1H3,(H,18,20). The third-order valence-electron chi connectivity index (χ3n) is 2.92. The van der Waals surface area contributed by atoms with Crippen molar-refractivity contribution in [2.75, 3.05) is 13.2 Å². The second kappa shape index (κ2) is 7.58. The number of carbonyl (C=O) groups is 1. The Morgan fingerprint density at radius 2 is 2.29 bits per heavy atom. The van der Waals surface area contributed by atoms with Crippen LogP contribution in [0.5, 0.6) is 0 Å². The molecule has 1 amide bonds. The fourth-order valence-corrected chi connectivity index (χ4v) is 2.53. The highest BCUT2D eigenvalue weighted by Gasteiger charge is 2.13. The molecule has 0 saturated carbocycles. The molecule has 5 heteroatoms. The molecule has 0 fully saturated rings. The van der Waals surface area contributed by atoms with Gasteiger partial charge < -0.3 is 10.4 Å². The Hall–Kier alpha value is -2.16. The van der Waals surface area contributed by atoms with Crippen molar-refractivity contribution in [3.05, 3.63) is 52.0 Å². The topological polar surface area (TPSA) is 62.2 Å². The minimum atomic E-state index is -0.225. The Balaban J connectivity index is 2.04. The van der Waals surface area contributed by atoms with E-state index < -0.39 is 0 Å². The first kappa shape index (κ1) is 15.2. The van der Waals surface area contributed by atoms with Gasteiger partial charge in [0.05, 0.1) is 10.6 Å². The molecule has 2 aromatic rings. The van der Waals surface area contributed by atoms with Crippen LogP contribution in [-0.4, -0.2) is 29.1 Å². The molecule has 1 atom stereocenters. The van der Waals surface area contributed by atoms with Crippen molar-refractivity contribution in [3.8, 4) is 11.8 Å². The van der Waals surface area contributed by atoms with Gasteiger partial charge in [-0.25, -0.2) is 4.98 Å². The van der Waals surface area contributed by atoms with E-state index in [0.29, 0.717) is 17.7 Å². The van der Waals surface area contributed by atoms with E-state index in [1.54, 1.807) is 35.7 Å². The van der Waals surface area contributed by atoms with Crippen molar-refractivity contribution in [1.29, 1.82) is 0 Å². The van der Waals surface area contributed by atoms with Gasteiger partial charge in [0.15, 0.2) is 0 Å². The van der Waals surface area contributed by atoms with Crippen molar-refractivity contribution in [1.82, 2.24) is 10.3 Å². The zero-order valence-corrected chi connectivity index (χ0v) is 12.5. The van der Waals surface area contributed by atoms with E-state index in [4.69, 9.17) is 5.11 Å². The van der Waals surface area contributed by atoms with E-state index in [2.05, 4.69) is 22.1 Å². The van der Waals surface area contributed by atoms with Crippen LogP contribution in [-0.2, 0) is 0 Å². The number of aliphatic hydroxyl groups is 1. The SMILES string of the molecule is CC(CNC(=O)c1ccccc1C#CCO)c1nccs1. The number of carbonyl (C=O) groups excluding carboxylic acids is 1. The monoisotopic (exact) mass is 300 g/mol. The number of nitrogens with one attached hydrogen (secondary N) is 1. The summed E-state index contributed by atoms with van der Waals surface area (Å²) in [5, 5.41) is 14.6. The average molecular weight is 300 g/mol. The molecule has 1 aromatic heterocycles. The Kier molecular flexibility index (Phi) is 5.50. The van der Waals surface area contributed by atoms with E-state index in [9.17, 15) is 4.79 Å². The van der Waals surface area contributed by atoms with Gasteiger partial charge >= 0.3 is 0 Å². The zero-order valence-electron chi connectivity index (χ0n) is 11.7. The van der Waals surface area contributed by atoms with Crippen molar-refractivity contribution in [2.45, 2.75) is 12.8 Å². The van der Waals surface area contributed by atoms with Crippen molar-refractivity contribution < 1.29 is 9.90 Å². The van der Waals surface area contributed by atoms with Crippen LogP contribution in [0.4, 0.5) is 0 Å². The number of benzene rings is 1. The summed E-state index contributed by atoms with van der Waals surface area (Å²) in [4.78, 5) is 16.5. The predicted octanol–water partition coefficient (Wildman–Crippen LogP) is 2.02. The lowest BCUT2D eigenvalue weighted by Crippen LogP contribution is -2.28. The third kappa shape index (κ3) is 4.15. The van der Waals surface area contributed by atoms with E-state index in [1.165, 1.54) is 0 Å². The lowest BCUT2D eigenvalue weighted by molar-refractivity contribution is 0.0951. The first-order valence-electron chi connectivity index (χ1n) is 6.58. The number of amides is 1. The van der Waals surface area contributed by atoms with Crippen LogP contribution in [0.2, 0.25) is 0 Å². The number of nitrogens with zero attached hydrogens (tertiary/aromatic N) is 1. The number of hydrogen-bond donors (Lipinski definition) is 2. The van der Waals surface area contributed by atoms with Gasteiger partial charge in [0.1, 0.15) is 6.61 Å². The summed E-state index contributed by atoms with van der Waals surface area (Å²) >= 11 is 1.58. The van der Waals surface area contributed by atoms with Crippen LogP contribution < -0.4 is 5.32 Å². The van der Waals surface area contributed by atoms with E-state index in [1.807, 2.05) is 18.4 Å². The smallest absolute Gasteiger partial charge is 0.252 e. The van der Waals surface area contributed by atoms with Gasteiger partial charge in [-0.2, -0.15) is 0 Å². The fourth-order valence-electron chi connectivity index (χ4n) is 1.83. The van der Waals surface area contributed by atoms with Crippen LogP contribution in [0.3, 0.4) is 0 Å². The molecule has 2 rings (SSSR count). The number of aromatic nitrogens is 1. The molecule has 1 unspecified atom stereocenters. The summed E-state index contributed by atoms with van der Waals surface area (Å²) in [6, 6.07) is 7.10. The Labute approximate surface area is 127 Å². The summed E-state index contributed by atoms with van der Waals surface area (Å²) in [6.45, 7) is 2.32. The van der Waals surface area contributed by atoms with Gasteiger partial charge in [0.25, 0.3) is 5.91 Å². The highest BCUT2D eigenvalue weighted by molar-refractivity contribution is 7.09. The van der Waals surface area contributed by atoms with Crippen molar-refractivity contribution in [2.24, 2.45) is 0 Å². The predicted molar refractivity (Wildman–Crippen MR) is 83.3 cm³/mol. The molecular formula is C16H16N2O2S. The first-order chi connectivity index (χ1) is 10.2. The highest BCUT2D eigenvalue weighted by Crippen LogP contribution is 2.16. The lowest BCUT2D eigenvalue weighted by atomic mass is 10.1. The molecule has 0 aliphatic rings. The van der Waals surface area contributed by atoms with Crippen molar-refractivity contribution in [3.63, 3.8) is 0 Å². The van der Waals surface area contributed by atoms with Gasteiger partial charge in [-0.15, -0.1) is 11.3 Å². The molecule has 0 bridgehead atoms. The lowest BCUT2D eigenvalue weighted by Gasteiger charge is -2.11. The summed E-state index contributed by atoms with van der Waals surface area (Å²) in [5.74, 6) is 5.36. The second-order valence-corrected chi connectivity index (χ2v) is 5.41. The quantitative estimate of drug-likeness (QED) is 0.849. The molecule has 108 valence electrons. The van der Waals surface area contributed by atoms with Gasteiger partial charge in [-0.1, -0.05) is 30.9 Å². The van der Waals surface area contributed by atoms with Crippen LogP contribution in [0.1, 0.15) is 33.8 Å².